The van der Waals surface area contributed by atoms with E-state index in [-0.39, 0.29) is 6.42 Å². The van der Waals surface area contributed by atoms with E-state index in [1.54, 1.807) is 0 Å². The van der Waals surface area contributed by atoms with Crippen LogP contribution in [-0.4, -0.2) is 33.2 Å². The summed E-state index contributed by atoms with van der Waals surface area (Å²) in [6.07, 6.45) is 0.276. The maximum Gasteiger partial charge on any atom is 0.320 e. The Morgan fingerprint density at radius 2 is 2.53 bits per heavy atom. The van der Waals surface area contributed by atoms with Gasteiger partial charge in [-0.1, -0.05) is 0 Å². The van der Waals surface area contributed by atoms with Crippen LogP contribution in [-0.2, 0) is 17.8 Å². The normalized spacial score (nSPS) is 15.9. The van der Waals surface area contributed by atoms with Crippen molar-refractivity contribution in [3.05, 3.63) is 11.5 Å². The predicted molar refractivity (Wildman–Crippen MR) is 54.8 cm³/mol. The van der Waals surface area contributed by atoms with Gasteiger partial charge in [-0.05, 0) is 6.92 Å². The van der Waals surface area contributed by atoms with Crippen LogP contribution < -0.4 is 11.1 Å². The minimum Gasteiger partial charge on any atom is -0.480 e. The molecule has 6 heteroatoms. The molecule has 0 saturated heterocycles. The van der Waals surface area contributed by atoms with E-state index in [4.69, 9.17) is 10.8 Å². The Morgan fingerprint density at radius 3 is 3.20 bits per heavy atom. The van der Waals surface area contributed by atoms with Crippen LogP contribution in [0.1, 0.15) is 11.5 Å². The molecule has 1 aromatic rings. The van der Waals surface area contributed by atoms with Gasteiger partial charge < -0.3 is 20.7 Å². The Hall–Kier alpha value is -1.56. The molecule has 82 valence electrons. The maximum atomic E-state index is 10.6. The van der Waals surface area contributed by atoms with Crippen LogP contribution in [0.15, 0.2) is 0 Å². The molecule has 4 N–H and O–H groups in total. The van der Waals surface area contributed by atoms with Crippen molar-refractivity contribution in [3.8, 4) is 0 Å². The van der Waals surface area contributed by atoms with Gasteiger partial charge in [0.05, 0.1) is 5.69 Å². The molecule has 0 aliphatic carbocycles. The van der Waals surface area contributed by atoms with Crippen LogP contribution in [0.2, 0.25) is 0 Å². The van der Waals surface area contributed by atoms with E-state index in [0.29, 0.717) is 0 Å². The van der Waals surface area contributed by atoms with Crippen molar-refractivity contribution < 1.29 is 9.90 Å². The fraction of sp³-hybridized carbons (Fsp3) is 0.556. The van der Waals surface area contributed by atoms with Gasteiger partial charge in [0.15, 0.2) is 0 Å². The number of carboxylic acids is 1. The molecule has 0 bridgehead atoms. The lowest BCUT2D eigenvalue weighted by Crippen LogP contribution is -2.33. The van der Waals surface area contributed by atoms with Crippen molar-refractivity contribution in [2.24, 2.45) is 5.73 Å². The summed E-state index contributed by atoms with van der Waals surface area (Å²) >= 11 is 0. The van der Waals surface area contributed by atoms with Crippen molar-refractivity contribution in [2.75, 3.05) is 11.9 Å². The van der Waals surface area contributed by atoms with Crippen molar-refractivity contribution >= 4 is 11.8 Å². The van der Waals surface area contributed by atoms with Gasteiger partial charge in [0, 0.05) is 19.5 Å². The topological polar surface area (TPSA) is 93.2 Å². The maximum absolute atomic E-state index is 10.6. The fourth-order valence-electron chi connectivity index (χ4n) is 1.82. The number of rotatable bonds is 3. The number of nitrogens with zero attached hydrogens (tertiary/aromatic N) is 2. The fourth-order valence-corrected chi connectivity index (χ4v) is 1.82. The highest BCUT2D eigenvalue weighted by atomic mass is 16.4. The van der Waals surface area contributed by atoms with Gasteiger partial charge in [-0.25, -0.2) is 4.98 Å². The molecule has 2 rings (SSSR count). The second kappa shape index (κ2) is 3.54. The van der Waals surface area contributed by atoms with E-state index >= 15 is 0 Å². The molecule has 2 heterocycles. The number of aliphatic carboxylic acids is 1. The van der Waals surface area contributed by atoms with Gasteiger partial charge in [0.1, 0.15) is 17.7 Å². The van der Waals surface area contributed by atoms with E-state index in [1.807, 2.05) is 11.5 Å². The van der Waals surface area contributed by atoms with Gasteiger partial charge in [0.25, 0.3) is 0 Å². The number of imidazole rings is 1. The number of anilines is 1. The SMILES string of the molecule is Cc1nc(CC(N)C(=O)O)n2c1NCC2. The summed E-state index contributed by atoms with van der Waals surface area (Å²) < 4.78 is 2.00. The highest BCUT2D eigenvalue weighted by molar-refractivity contribution is 5.73. The lowest BCUT2D eigenvalue weighted by atomic mass is 10.2. The lowest BCUT2D eigenvalue weighted by molar-refractivity contribution is -0.138. The Morgan fingerprint density at radius 1 is 1.80 bits per heavy atom. The molecule has 0 fully saturated rings. The summed E-state index contributed by atoms with van der Waals surface area (Å²) in [5.41, 5.74) is 6.38. The smallest absolute Gasteiger partial charge is 0.320 e. The Balaban J connectivity index is 2.22. The first-order valence-electron chi connectivity index (χ1n) is 4.88. The molecule has 15 heavy (non-hydrogen) atoms. The van der Waals surface area contributed by atoms with E-state index in [9.17, 15) is 4.79 Å². The molecule has 0 spiro atoms. The average Bonchev–Trinajstić information content (AvgIpc) is 2.72. The summed E-state index contributed by atoms with van der Waals surface area (Å²) in [5.74, 6) is 0.751. The van der Waals surface area contributed by atoms with Crippen molar-refractivity contribution in [1.82, 2.24) is 9.55 Å². The molecule has 1 aliphatic rings. The predicted octanol–water partition coefficient (Wildman–Crippen LogP) is -0.429. The number of carbonyl (C=O) groups is 1. The number of nitrogens with one attached hydrogen (secondary N) is 1. The number of fused-ring (bicyclic) bond motifs is 1. The van der Waals surface area contributed by atoms with E-state index in [1.165, 1.54) is 0 Å². The molecule has 1 unspecified atom stereocenters. The molecular formula is C9H14N4O2. The summed E-state index contributed by atoms with van der Waals surface area (Å²) in [6.45, 7) is 3.60. The van der Waals surface area contributed by atoms with Gasteiger partial charge in [-0.3, -0.25) is 4.79 Å². The second-order valence-corrected chi connectivity index (χ2v) is 3.69. The third-order valence-electron chi connectivity index (χ3n) is 2.57. The van der Waals surface area contributed by atoms with Crippen LogP contribution in [0.25, 0.3) is 0 Å². The Bertz CT molecular complexity index is 399. The zero-order valence-corrected chi connectivity index (χ0v) is 8.53. The quantitative estimate of drug-likeness (QED) is 0.629. The number of aromatic nitrogens is 2. The molecule has 6 nitrogen and oxygen atoms in total. The first kappa shape index (κ1) is 9.97. The van der Waals surface area contributed by atoms with E-state index in [0.717, 1.165) is 30.4 Å². The molecule has 1 aliphatic heterocycles. The largest absolute Gasteiger partial charge is 0.480 e. The highest BCUT2D eigenvalue weighted by Gasteiger charge is 2.22. The van der Waals surface area contributed by atoms with Crippen LogP contribution in [0, 0.1) is 6.92 Å². The Kier molecular flexibility index (Phi) is 2.36. The third-order valence-corrected chi connectivity index (χ3v) is 2.57. The molecular weight excluding hydrogens is 196 g/mol. The van der Waals surface area contributed by atoms with E-state index in [2.05, 4.69) is 10.3 Å². The zero-order valence-electron chi connectivity index (χ0n) is 8.53. The van der Waals surface area contributed by atoms with E-state index < -0.39 is 12.0 Å². The molecule has 1 atom stereocenters. The van der Waals surface area contributed by atoms with Gasteiger partial charge in [0.2, 0.25) is 0 Å². The second-order valence-electron chi connectivity index (χ2n) is 3.69. The number of aryl methyl sites for hydroxylation is 1. The Labute approximate surface area is 87.1 Å². The number of nitrogens with two attached hydrogens (primary N) is 1. The average molecular weight is 210 g/mol. The number of hydrogen-bond acceptors (Lipinski definition) is 4. The van der Waals surface area contributed by atoms with Crippen molar-refractivity contribution in [1.29, 1.82) is 0 Å². The minimum absolute atomic E-state index is 0.276. The molecule has 0 aromatic carbocycles. The number of carboxylic acid groups (broad SMARTS) is 1. The summed E-state index contributed by atoms with van der Waals surface area (Å²) in [4.78, 5) is 14.9. The van der Waals surface area contributed by atoms with Crippen molar-refractivity contribution in [3.63, 3.8) is 0 Å². The summed E-state index contributed by atoms with van der Waals surface area (Å²) in [7, 11) is 0. The highest BCUT2D eigenvalue weighted by Crippen LogP contribution is 2.21. The van der Waals surface area contributed by atoms with Gasteiger partial charge in [-0.2, -0.15) is 0 Å². The molecule has 0 amide bonds. The van der Waals surface area contributed by atoms with Crippen LogP contribution >= 0.6 is 0 Å². The first-order chi connectivity index (χ1) is 7.09. The third kappa shape index (κ3) is 1.68. The zero-order chi connectivity index (χ0) is 11.0. The molecule has 1 aromatic heterocycles. The summed E-state index contributed by atoms with van der Waals surface area (Å²) in [5, 5.41) is 11.9. The molecule has 0 radical (unpaired) electrons. The first-order valence-corrected chi connectivity index (χ1v) is 4.88. The van der Waals surface area contributed by atoms with Crippen LogP contribution in [0.4, 0.5) is 5.82 Å². The van der Waals surface area contributed by atoms with Gasteiger partial charge >= 0.3 is 5.97 Å². The van der Waals surface area contributed by atoms with Crippen LogP contribution in [0.3, 0.4) is 0 Å². The van der Waals surface area contributed by atoms with Gasteiger partial charge in [-0.15, -0.1) is 0 Å². The monoisotopic (exact) mass is 210 g/mol. The standard InChI is InChI=1S/C9H14N4O2/c1-5-8-11-2-3-13(8)7(12-5)4-6(10)9(14)15/h6,11H,2-4,10H2,1H3,(H,14,15). The lowest BCUT2D eigenvalue weighted by Gasteiger charge is -2.06. The van der Waals surface area contributed by atoms with Crippen molar-refractivity contribution in [2.45, 2.75) is 25.9 Å². The van der Waals surface area contributed by atoms with Crippen LogP contribution in [0.5, 0.6) is 0 Å². The summed E-state index contributed by atoms with van der Waals surface area (Å²) in [6, 6.07) is -0.878. The number of hydrogen-bond donors (Lipinski definition) is 3. The minimum atomic E-state index is -0.990. The molecule has 0 saturated carbocycles.